The Morgan fingerprint density at radius 2 is 1.96 bits per heavy atom. The Kier molecular flexibility index (Phi) is 4.62. The summed E-state index contributed by atoms with van der Waals surface area (Å²) in [6.45, 7) is 1.69. The van der Waals surface area contributed by atoms with Gasteiger partial charge in [-0.25, -0.2) is 0 Å². The second-order valence-corrected chi connectivity index (χ2v) is 6.35. The van der Waals surface area contributed by atoms with E-state index in [1.54, 1.807) is 24.3 Å². The molecule has 0 N–H and O–H groups in total. The van der Waals surface area contributed by atoms with Crippen LogP contribution in [0.3, 0.4) is 0 Å². The highest BCUT2D eigenvalue weighted by Crippen LogP contribution is 2.34. The van der Waals surface area contributed by atoms with Crippen LogP contribution in [0.2, 0.25) is 0 Å². The first kappa shape index (κ1) is 16.8. The summed E-state index contributed by atoms with van der Waals surface area (Å²) in [5, 5.41) is 10.6. The molecule has 0 bridgehead atoms. The van der Waals surface area contributed by atoms with Crippen LogP contribution in [-0.2, 0) is 11.3 Å². The first-order valence-corrected chi connectivity index (χ1v) is 8.18. The van der Waals surface area contributed by atoms with Gasteiger partial charge in [0.2, 0.25) is 0 Å². The number of nitro benzene ring substituents is 1. The van der Waals surface area contributed by atoms with Crippen molar-refractivity contribution in [2.24, 2.45) is 0 Å². The molecular formula is C17H13N3O4S. The molecule has 0 atom stereocenters. The van der Waals surface area contributed by atoms with Crippen molar-refractivity contribution in [1.29, 1.82) is 0 Å². The number of rotatable bonds is 4. The Balaban J connectivity index is 1.86. The zero-order chi connectivity index (χ0) is 18.0. The number of aryl methyl sites for hydroxylation is 1. The number of thioether (sulfide) groups is 1. The average molecular weight is 355 g/mol. The zero-order valence-electron chi connectivity index (χ0n) is 13.2. The highest BCUT2D eigenvalue weighted by atomic mass is 32.2. The summed E-state index contributed by atoms with van der Waals surface area (Å²) >= 11 is 0.805. The van der Waals surface area contributed by atoms with E-state index in [-0.39, 0.29) is 17.1 Å². The zero-order valence-corrected chi connectivity index (χ0v) is 14.0. The third-order valence-electron chi connectivity index (χ3n) is 3.58. The lowest BCUT2D eigenvalue weighted by Crippen LogP contribution is -2.27. The fourth-order valence-electron chi connectivity index (χ4n) is 2.41. The summed E-state index contributed by atoms with van der Waals surface area (Å²) in [5.41, 5.74) is 1.57. The minimum atomic E-state index is -0.527. The number of aromatic nitrogens is 1. The number of hydrogen-bond acceptors (Lipinski definition) is 6. The molecule has 126 valence electrons. The van der Waals surface area contributed by atoms with E-state index < -0.39 is 16.1 Å². The molecule has 2 aromatic rings. The number of nitro groups is 1. The molecule has 1 aromatic carbocycles. The predicted molar refractivity (Wildman–Crippen MR) is 93.6 cm³/mol. The van der Waals surface area contributed by atoms with Crippen molar-refractivity contribution in [1.82, 2.24) is 9.88 Å². The molecule has 7 nitrogen and oxygen atoms in total. The van der Waals surface area contributed by atoms with Crippen LogP contribution in [0, 0.1) is 17.0 Å². The number of hydrogen-bond donors (Lipinski definition) is 0. The van der Waals surface area contributed by atoms with E-state index in [1.165, 1.54) is 12.1 Å². The lowest BCUT2D eigenvalue weighted by molar-refractivity contribution is -0.385. The quantitative estimate of drug-likeness (QED) is 0.473. The van der Waals surface area contributed by atoms with Gasteiger partial charge in [-0.15, -0.1) is 0 Å². The maximum atomic E-state index is 12.5. The van der Waals surface area contributed by atoms with Gasteiger partial charge in [-0.1, -0.05) is 24.3 Å². The monoisotopic (exact) mass is 355 g/mol. The van der Waals surface area contributed by atoms with Crippen molar-refractivity contribution < 1.29 is 14.5 Å². The molecule has 1 saturated heterocycles. The van der Waals surface area contributed by atoms with Gasteiger partial charge in [-0.05, 0) is 36.9 Å². The van der Waals surface area contributed by atoms with E-state index in [2.05, 4.69) is 4.98 Å². The van der Waals surface area contributed by atoms with E-state index in [0.717, 1.165) is 22.4 Å². The van der Waals surface area contributed by atoms with Crippen LogP contribution in [0.5, 0.6) is 0 Å². The minimum Gasteiger partial charge on any atom is -0.268 e. The molecule has 0 aliphatic carbocycles. The number of pyridine rings is 1. The number of nitrogens with zero attached hydrogens (tertiary/aromatic N) is 3. The Labute approximate surface area is 147 Å². The fraction of sp³-hybridized carbons (Fsp3) is 0.118. The van der Waals surface area contributed by atoms with Gasteiger partial charge in [0.1, 0.15) is 0 Å². The van der Waals surface area contributed by atoms with Crippen LogP contribution in [-0.4, -0.2) is 26.0 Å². The molecule has 2 heterocycles. The summed E-state index contributed by atoms with van der Waals surface area (Å²) in [4.78, 5) is 40.8. The number of imide groups is 1. The van der Waals surface area contributed by atoms with Crippen LogP contribution < -0.4 is 0 Å². The van der Waals surface area contributed by atoms with Crippen LogP contribution in [0.4, 0.5) is 10.5 Å². The number of carbonyl (C=O) groups excluding carboxylic acids is 2. The van der Waals surface area contributed by atoms with Crippen LogP contribution >= 0.6 is 11.8 Å². The Morgan fingerprint density at radius 3 is 2.68 bits per heavy atom. The topological polar surface area (TPSA) is 93.4 Å². The fourth-order valence-corrected chi connectivity index (χ4v) is 3.23. The average Bonchev–Trinajstić information content (AvgIpc) is 2.83. The van der Waals surface area contributed by atoms with Gasteiger partial charge in [0.05, 0.1) is 22.1 Å². The molecular weight excluding hydrogens is 342 g/mol. The lowest BCUT2D eigenvalue weighted by Gasteiger charge is -2.12. The van der Waals surface area contributed by atoms with Crippen LogP contribution in [0.15, 0.2) is 47.4 Å². The normalized spacial score (nSPS) is 15.9. The second-order valence-electron chi connectivity index (χ2n) is 5.36. The van der Waals surface area contributed by atoms with Crippen molar-refractivity contribution in [3.05, 3.63) is 74.4 Å². The molecule has 0 radical (unpaired) electrons. The molecule has 0 spiro atoms. The minimum absolute atomic E-state index is 0.120. The van der Waals surface area contributed by atoms with Gasteiger partial charge in [0.25, 0.3) is 16.8 Å². The van der Waals surface area contributed by atoms with Crippen molar-refractivity contribution in [3.63, 3.8) is 0 Å². The maximum Gasteiger partial charge on any atom is 0.293 e. The predicted octanol–water partition coefficient (Wildman–Crippen LogP) is 3.53. The largest absolute Gasteiger partial charge is 0.293 e. The molecule has 2 amide bonds. The molecule has 3 rings (SSSR count). The van der Waals surface area contributed by atoms with Crippen molar-refractivity contribution >= 4 is 34.7 Å². The van der Waals surface area contributed by atoms with E-state index in [9.17, 15) is 19.7 Å². The highest BCUT2D eigenvalue weighted by molar-refractivity contribution is 8.18. The molecule has 25 heavy (non-hydrogen) atoms. The first-order valence-electron chi connectivity index (χ1n) is 7.37. The summed E-state index contributed by atoms with van der Waals surface area (Å²) in [5.74, 6) is -0.476. The Morgan fingerprint density at radius 1 is 1.20 bits per heavy atom. The number of amides is 2. The number of carbonyl (C=O) groups is 2. The third-order valence-corrected chi connectivity index (χ3v) is 4.49. The molecule has 1 aliphatic rings. The summed E-state index contributed by atoms with van der Waals surface area (Å²) in [7, 11) is 0. The standard InChI is InChI=1S/C17H13N3O4S/c1-11-5-4-7-13(18-11)9-15-16(21)19(17(22)25-15)10-12-6-2-3-8-14(12)20(23)24/h2-9H,10H2,1H3/b15-9-. The van der Waals surface area contributed by atoms with E-state index in [0.29, 0.717) is 11.3 Å². The summed E-state index contributed by atoms with van der Waals surface area (Å²) in [6.07, 6.45) is 1.55. The molecule has 1 aromatic heterocycles. The van der Waals surface area contributed by atoms with Gasteiger partial charge in [0.15, 0.2) is 0 Å². The second kappa shape index (κ2) is 6.86. The van der Waals surface area contributed by atoms with Gasteiger partial charge in [0, 0.05) is 17.3 Å². The van der Waals surface area contributed by atoms with Crippen LogP contribution in [0.25, 0.3) is 6.08 Å². The third kappa shape index (κ3) is 3.58. The highest BCUT2D eigenvalue weighted by Gasteiger charge is 2.36. The maximum absolute atomic E-state index is 12.5. The smallest absolute Gasteiger partial charge is 0.268 e. The molecule has 1 fully saturated rings. The van der Waals surface area contributed by atoms with E-state index in [1.807, 2.05) is 19.1 Å². The lowest BCUT2D eigenvalue weighted by atomic mass is 10.1. The SMILES string of the molecule is Cc1cccc(/C=C2\SC(=O)N(Cc3ccccc3[N+](=O)[O-])C2=O)n1. The summed E-state index contributed by atoms with van der Waals surface area (Å²) in [6, 6.07) is 11.4. The summed E-state index contributed by atoms with van der Waals surface area (Å²) < 4.78 is 0. The van der Waals surface area contributed by atoms with Gasteiger partial charge >= 0.3 is 0 Å². The van der Waals surface area contributed by atoms with Crippen LogP contribution in [0.1, 0.15) is 17.0 Å². The van der Waals surface area contributed by atoms with Crippen molar-refractivity contribution in [2.75, 3.05) is 0 Å². The molecule has 0 saturated carbocycles. The number of benzene rings is 1. The van der Waals surface area contributed by atoms with Gasteiger partial charge in [-0.3, -0.25) is 29.6 Å². The Hall–Kier alpha value is -3.00. The van der Waals surface area contributed by atoms with Crippen molar-refractivity contribution in [2.45, 2.75) is 13.5 Å². The van der Waals surface area contributed by atoms with Gasteiger partial charge < -0.3 is 0 Å². The molecule has 8 heteroatoms. The first-order chi connectivity index (χ1) is 12.0. The van der Waals surface area contributed by atoms with Gasteiger partial charge in [-0.2, -0.15) is 0 Å². The number of para-hydroxylation sites is 1. The van der Waals surface area contributed by atoms with E-state index in [4.69, 9.17) is 0 Å². The molecule has 0 unspecified atom stereocenters. The van der Waals surface area contributed by atoms with Crippen molar-refractivity contribution in [3.8, 4) is 0 Å². The molecule has 1 aliphatic heterocycles. The van der Waals surface area contributed by atoms with E-state index >= 15 is 0 Å². The Bertz CT molecular complexity index is 910.